The van der Waals surface area contributed by atoms with Crippen molar-refractivity contribution in [3.63, 3.8) is 0 Å². The van der Waals surface area contributed by atoms with Crippen molar-refractivity contribution in [2.24, 2.45) is 0 Å². The highest BCUT2D eigenvalue weighted by Crippen LogP contribution is 2.15. The van der Waals surface area contributed by atoms with Gasteiger partial charge in [-0.05, 0) is 33.0 Å². The molecule has 0 aliphatic rings. The highest BCUT2D eigenvalue weighted by molar-refractivity contribution is 7.73. The Morgan fingerprint density at radius 1 is 1.59 bits per heavy atom. The van der Waals surface area contributed by atoms with Crippen LogP contribution in [0.4, 0.5) is 0 Å². The molecule has 0 bridgehead atoms. The largest absolute Gasteiger partial charge is 0.377 e. The van der Waals surface area contributed by atoms with E-state index >= 15 is 0 Å². The Hall–Kier alpha value is -0.720. The first-order valence-corrected chi connectivity index (χ1v) is 6.57. The maximum atomic E-state index is 11.7. The van der Waals surface area contributed by atoms with Crippen molar-refractivity contribution in [3.8, 4) is 0 Å². The number of thiazole rings is 1. The van der Waals surface area contributed by atoms with Gasteiger partial charge in [-0.15, -0.1) is 11.3 Å². The summed E-state index contributed by atoms with van der Waals surface area (Å²) in [6.07, 6.45) is 0.365. The van der Waals surface area contributed by atoms with Crippen LogP contribution in [0.25, 0.3) is 0 Å². The standard InChI is InChI=1S/C11H18N2O2S2/c1-7-8(17-10(16)13-7)5-9(14)12-6-11(2,3)15-4/h5-6H2,1-4H3,(H,12,14)(H,13,16). The Balaban J connectivity index is 2.51. The molecule has 0 fully saturated rings. The lowest BCUT2D eigenvalue weighted by Gasteiger charge is -2.23. The first-order valence-electron chi connectivity index (χ1n) is 5.34. The molecular weight excluding hydrogens is 256 g/mol. The summed E-state index contributed by atoms with van der Waals surface area (Å²) < 4.78 is 5.94. The lowest BCUT2D eigenvalue weighted by atomic mass is 10.1. The maximum Gasteiger partial charge on any atom is 0.225 e. The fraction of sp³-hybridized carbons (Fsp3) is 0.636. The molecule has 4 nitrogen and oxygen atoms in total. The Bertz CT molecular complexity index is 449. The molecule has 17 heavy (non-hydrogen) atoms. The molecule has 0 radical (unpaired) electrons. The number of hydrogen-bond acceptors (Lipinski definition) is 4. The molecule has 1 amide bonds. The zero-order valence-corrected chi connectivity index (χ0v) is 12.2. The van der Waals surface area contributed by atoms with Crippen LogP contribution in [0.1, 0.15) is 24.4 Å². The SMILES string of the molecule is COC(C)(C)CNC(=O)Cc1sc(=S)[nH]c1C. The molecule has 0 spiro atoms. The van der Waals surface area contributed by atoms with Gasteiger partial charge in [0.25, 0.3) is 0 Å². The average molecular weight is 274 g/mol. The van der Waals surface area contributed by atoms with Crippen molar-refractivity contribution in [2.75, 3.05) is 13.7 Å². The van der Waals surface area contributed by atoms with Gasteiger partial charge in [-0.3, -0.25) is 4.79 Å². The lowest BCUT2D eigenvalue weighted by Crippen LogP contribution is -2.40. The number of rotatable bonds is 5. The number of nitrogens with one attached hydrogen (secondary N) is 2. The highest BCUT2D eigenvalue weighted by atomic mass is 32.1. The minimum Gasteiger partial charge on any atom is -0.377 e. The second-order valence-corrected chi connectivity index (χ2v) is 6.25. The molecule has 1 aromatic rings. The van der Waals surface area contributed by atoms with E-state index in [0.29, 0.717) is 16.9 Å². The zero-order valence-electron chi connectivity index (χ0n) is 10.5. The molecule has 1 aromatic heterocycles. The molecule has 0 aromatic carbocycles. The smallest absolute Gasteiger partial charge is 0.225 e. The topological polar surface area (TPSA) is 54.1 Å². The summed E-state index contributed by atoms with van der Waals surface area (Å²) in [6.45, 7) is 6.28. The van der Waals surface area contributed by atoms with Gasteiger partial charge in [-0.2, -0.15) is 0 Å². The van der Waals surface area contributed by atoms with Gasteiger partial charge in [-0.1, -0.05) is 0 Å². The van der Waals surface area contributed by atoms with E-state index in [2.05, 4.69) is 10.3 Å². The minimum absolute atomic E-state index is 0.0107. The number of aromatic amines is 1. The summed E-state index contributed by atoms with van der Waals surface area (Å²) in [5.41, 5.74) is 0.635. The van der Waals surface area contributed by atoms with Crippen LogP contribution in [0.2, 0.25) is 0 Å². The van der Waals surface area contributed by atoms with E-state index in [1.807, 2.05) is 20.8 Å². The number of aromatic nitrogens is 1. The van der Waals surface area contributed by atoms with Gasteiger partial charge in [0, 0.05) is 24.2 Å². The van der Waals surface area contributed by atoms with E-state index in [0.717, 1.165) is 10.6 Å². The van der Waals surface area contributed by atoms with E-state index in [1.165, 1.54) is 11.3 Å². The number of ether oxygens (including phenoxy) is 1. The molecule has 0 unspecified atom stereocenters. The summed E-state index contributed by atoms with van der Waals surface area (Å²) in [7, 11) is 1.63. The normalized spacial score (nSPS) is 11.5. The molecule has 2 N–H and O–H groups in total. The lowest BCUT2D eigenvalue weighted by molar-refractivity contribution is -0.121. The summed E-state index contributed by atoms with van der Waals surface area (Å²) >= 11 is 6.48. The zero-order chi connectivity index (χ0) is 13.1. The molecule has 6 heteroatoms. The quantitative estimate of drug-likeness (QED) is 0.809. The van der Waals surface area contributed by atoms with Crippen molar-refractivity contribution in [3.05, 3.63) is 14.5 Å². The van der Waals surface area contributed by atoms with Crippen LogP contribution in [0.3, 0.4) is 0 Å². The number of H-pyrrole nitrogens is 1. The van der Waals surface area contributed by atoms with E-state index in [1.54, 1.807) is 7.11 Å². The van der Waals surface area contributed by atoms with Crippen LogP contribution in [-0.4, -0.2) is 30.1 Å². The number of carbonyl (C=O) groups excluding carboxylic acids is 1. The van der Waals surface area contributed by atoms with Gasteiger partial charge < -0.3 is 15.0 Å². The third-order valence-corrected chi connectivity index (χ3v) is 3.85. The summed E-state index contributed by atoms with van der Waals surface area (Å²) in [5.74, 6) is -0.0107. The Morgan fingerprint density at radius 2 is 2.24 bits per heavy atom. The second-order valence-electron chi connectivity index (χ2n) is 4.48. The van der Waals surface area contributed by atoms with Crippen molar-refractivity contribution in [2.45, 2.75) is 32.8 Å². The van der Waals surface area contributed by atoms with Gasteiger partial charge in [0.05, 0.1) is 12.0 Å². The average Bonchev–Trinajstić information content (AvgIpc) is 2.55. The van der Waals surface area contributed by atoms with Crippen LogP contribution in [-0.2, 0) is 16.0 Å². The first-order chi connectivity index (χ1) is 7.84. The monoisotopic (exact) mass is 274 g/mol. The Labute approximate surface area is 110 Å². The predicted molar refractivity (Wildman–Crippen MR) is 72.0 cm³/mol. The maximum absolute atomic E-state index is 11.7. The molecular formula is C11H18N2O2S2. The minimum atomic E-state index is -0.338. The third-order valence-electron chi connectivity index (χ3n) is 2.51. The summed E-state index contributed by atoms with van der Waals surface area (Å²) in [4.78, 5) is 15.7. The van der Waals surface area contributed by atoms with Gasteiger partial charge >= 0.3 is 0 Å². The van der Waals surface area contributed by atoms with Crippen LogP contribution >= 0.6 is 23.6 Å². The molecule has 0 saturated heterocycles. The molecule has 96 valence electrons. The fourth-order valence-electron chi connectivity index (χ4n) is 1.20. The second kappa shape index (κ2) is 5.75. The van der Waals surface area contributed by atoms with E-state index in [-0.39, 0.29) is 11.5 Å². The van der Waals surface area contributed by atoms with Gasteiger partial charge in [0.1, 0.15) is 0 Å². The van der Waals surface area contributed by atoms with E-state index < -0.39 is 0 Å². The molecule has 1 rings (SSSR count). The van der Waals surface area contributed by atoms with Crippen molar-refractivity contribution < 1.29 is 9.53 Å². The number of methoxy groups -OCH3 is 1. The van der Waals surface area contributed by atoms with Crippen molar-refractivity contribution in [1.82, 2.24) is 10.3 Å². The summed E-state index contributed by atoms with van der Waals surface area (Å²) in [5, 5.41) is 2.85. The van der Waals surface area contributed by atoms with Gasteiger partial charge in [0.15, 0.2) is 3.95 Å². The molecule has 0 atom stereocenters. The van der Waals surface area contributed by atoms with Crippen molar-refractivity contribution in [1.29, 1.82) is 0 Å². The highest BCUT2D eigenvalue weighted by Gasteiger charge is 2.17. The molecule has 0 aliphatic heterocycles. The van der Waals surface area contributed by atoms with Gasteiger partial charge in [0.2, 0.25) is 5.91 Å². The van der Waals surface area contributed by atoms with Gasteiger partial charge in [-0.25, -0.2) is 0 Å². The molecule has 0 aliphatic carbocycles. The Morgan fingerprint density at radius 3 is 2.71 bits per heavy atom. The number of hydrogen-bond donors (Lipinski definition) is 2. The van der Waals surface area contributed by atoms with E-state index in [4.69, 9.17) is 17.0 Å². The van der Waals surface area contributed by atoms with Crippen LogP contribution < -0.4 is 5.32 Å². The molecule has 0 saturated carbocycles. The summed E-state index contributed by atoms with van der Waals surface area (Å²) in [6, 6.07) is 0. The number of amides is 1. The molecule has 1 heterocycles. The van der Waals surface area contributed by atoms with Crippen molar-refractivity contribution >= 4 is 29.5 Å². The first kappa shape index (κ1) is 14.3. The third kappa shape index (κ3) is 4.57. The van der Waals surface area contributed by atoms with Crippen LogP contribution in [0.15, 0.2) is 0 Å². The number of aryl methyl sites for hydroxylation is 1. The number of carbonyl (C=O) groups is 1. The van der Waals surface area contributed by atoms with E-state index in [9.17, 15) is 4.79 Å². The van der Waals surface area contributed by atoms with Crippen LogP contribution in [0.5, 0.6) is 0 Å². The van der Waals surface area contributed by atoms with Crippen LogP contribution in [0, 0.1) is 10.9 Å². The predicted octanol–water partition coefficient (Wildman–Crippen LogP) is 2.20. The fourth-order valence-corrected chi connectivity index (χ4v) is 2.49. The Kier molecular flexibility index (Phi) is 4.85.